The van der Waals surface area contributed by atoms with Crippen LogP contribution in [0.3, 0.4) is 0 Å². The minimum atomic E-state index is 0.0163. The van der Waals surface area contributed by atoms with Gasteiger partial charge in [-0.1, -0.05) is 35.4 Å². The quantitative estimate of drug-likeness (QED) is 0.595. The summed E-state index contributed by atoms with van der Waals surface area (Å²) in [5.74, 6) is 1.76. The molecule has 6 heteroatoms. The second-order valence-corrected chi connectivity index (χ2v) is 6.84. The first-order chi connectivity index (χ1) is 13.5. The number of carbonyl (C=O) groups excluding carboxylic acids is 1. The maximum Gasteiger partial charge on any atom is 0.247 e. The van der Waals surface area contributed by atoms with Crippen molar-refractivity contribution in [2.45, 2.75) is 26.7 Å². The minimum Gasteiger partial charge on any atom is -0.492 e. The first kappa shape index (κ1) is 19.6. The highest BCUT2D eigenvalue weighted by atomic mass is 16.5. The van der Waals surface area contributed by atoms with Crippen molar-refractivity contribution < 1.29 is 13.9 Å². The summed E-state index contributed by atoms with van der Waals surface area (Å²) in [6, 6.07) is 15.7. The molecule has 0 spiro atoms. The van der Waals surface area contributed by atoms with Crippen LogP contribution in [0.25, 0.3) is 11.5 Å². The number of aromatic nitrogens is 2. The molecular formula is C22H25N3O3. The standard InChI is InChI=1S/C22H25N3O3/c1-16-4-8-18(9-5-16)22-24-23-20(28-22)12-13-21(26)25(3)14-15-27-19-10-6-17(2)7-11-19/h4-11H,12-15H2,1-3H3. The first-order valence-corrected chi connectivity index (χ1v) is 9.34. The summed E-state index contributed by atoms with van der Waals surface area (Å²) >= 11 is 0. The fourth-order valence-corrected chi connectivity index (χ4v) is 2.63. The lowest BCUT2D eigenvalue weighted by molar-refractivity contribution is -0.130. The summed E-state index contributed by atoms with van der Waals surface area (Å²) in [7, 11) is 1.77. The second kappa shape index (κ2) is 9.17. The molecular weight excluding hydrogens is 354 g/mol. The molecule has 0 aliphatic carbocycles. The van der Waals surface area contributed by atoms with Gasteiger partial charge in [-0.2, -0.15) is 0 Å². The smallest absolute Gasteiger partial charge is 0.247 e. The van der Waals surface area contributed by atoms with Gasteiger partial charge in [0.1, 0.15) is 12.4 Å². The van der Waals surface area contributed by atoms with Crippen LogP contribution in [0.5, 0.6) is 5.75 Å². The van der Waals surface area contributed by atoms with Crippen LogP contribution in [0.1, 0.15) is 23.4 Å². The molecule has 0 aliphatic rings. The maximum absolute atomic E-state index is 12.3. The molecule has 6 nitrogen and oxygen atoms in total. The van der Waals surface area contributed by atoms with E-state index in [1.807, 2.05) is 62.4 Å². The van der Waals surface area contributed by atoms with Gasteiger partial charge < -0.3 is 14.1 Å². The summed E-state index contributed by atoms with van der Waals surface area (Å²) in [5, 5.41) is 8.11. The van der Waals surface area contributed by atoms with Gasteiger partial charge >= 0.3 is 0 Å². The van der Waals surface area contributed by atoms with Crippen molar-refractivity contribution in [1.82, 2.24) is 15.1 Å². The number of benzene rings is 2. The largest absolute Gasteiger partial charge is 0.492 e. The van der Waals surface area contributed by atoms with Gasteiger partial charge in [0, 0.05) is 25.5 Å². The Morgan fingerprint density at radius 1 is 1.00 bits per heavy atom. The molecule has 3 rings (SSSR count). The van der Waals surface area contributed by atoms with Crippen molar-refractivity contribution in [2.75, 3.05) is 20.2 Å². The SMILES string of the molecule is Cc1ccc(OCCN(C)C(=O)CCc2nnc(-c3ccc(C)cc3)o2)cc1. The van der Waals surface area contributed by atoms with Crippen LogP contribution >= 0.6 is 0 Å². The van der Waals surface area contributed by atoms with Crippen LogP contribution in [0, 0.1) is 13.8 Å². The van der Waals surface area contributed by atoms with E-state index in [1.165, 1.54) is 11.1 Å². The van der Waals surface area contributed by atoms with Gasteiger partial charge in [0.25, 0.3) is 0 Å². The third-order valence-electron chi connectivity index (χ3n) is 4.46. The fourth-order valence-electron chi connectivity index (χ4n) is 2.63. The van der Waals surface area contributed by atoms with Crippen molar-refractivity contribution in [3.05, 3.63) is 65.5 Å². The zero-order valence-corrected chi connectivity index (χ0v) is 16.5. The van der Waals surface area contributed by atoms with Crippen molar-refractivity contribution in [3.8, 4) is 17.2 Å². The minimum absolute atomic E-state index is 0.0163. The third kappa shape index (κ3) is 5.42. The molecule has 1 heterocycles. The van der Waals surface area contributed by atoms with Gasteiger partial charge in [-0.3, -0.25) is 4.79 Å². The summed E-state index contributed by atoms with van der Waals surface area (Å²) in [6.07, 6.45) is 0.734. The number of carbonyl (C=O) groups is 1. The van der Waals surface area contributed by atoms with Crippen molar-refractivity contribution >= 4 is 5.91 Å². The first-order valence-electron chi connectivity index (χ1n) is 9.34. The van der Waals surface area contributed by atoms with E-state index in [1.54, 1.807) is 11.9 Å². The summed E-state index contributed by atoms with van der Waals surface area (Å²) < 4.78 is 11.3. The molecule has 0 bridgehead atoms. The van der Waals surface area contributed by atoms with E-state index in [2.05, 4.69) is 10.2 Å². The lowest BCUT2D eigenvalue weighted by Gasteiger charge is -2.17. The number of hydrogen-bond acceptors (Lipinski definition) is 5. The lowest BCUT2D eigenvalue weighted by atomic mass is 10.1. The van der Waals surface area contributed by atoms with Gasteiger partial charge in [-0.15, -0.1) is 10.2 Å². The van der Waals surface area contributed by atoms with E-state index in [0.29, 0.717) is 37.8 Å². The Bertz CT molecular complexity index is 902. The fraction of sp³-hybridized carbons (Fsp3) is 0.318. The Hall–Kier alpha value is -3.15. The van der Waals surface area contributed by atoms with Crippen LogP contribution < -0.4 is 4.74 Å². The number of likely N-dealkylation sites (N-methyl/N-ethyl adjacent to an activating group) is 1. The normalized spacial score (nSPS) is 10.7. The number of aryl methyl sites for hydroxylation is 3. The van der Waals surface area contributed by atoms with Crippen LogP contribution in [-0.2, 0) is 11.2 Å². The van der Waals surface area contributed by atoms with Crippen molar-refractivity contribution in [2.24, 2.45) is 0 Å². The van der Waals surface area contributed by atoms with Crippen molar-refractivity contribution in [1.29, 1.82) is 0 Å². The molecule has 0 unspecified atom stereocenters. The maximum atomic E-state index is 12.3. The Labute approximate surface area is 165 Å². The highest BCUT2D eigenvalue weighted by Crippen LogP contribution is 2.19. The van der Waals surface area contributed by atoms with Gasteiger partial charge in [0.15, 0.2) is 0 Å². The van der Waals surface area contributed by atoms with Crippen molar-refractivity contribution in [3.63, 3.8) is 0 Å². The summed E-state index contributed by atoms with van der Waals surface area (Å²) in [5.41, 5.74) is 3.23. The molecule has 1 aromatic heterocycles. The van der Waals surface area contributed by atoms with E-state index >= 15 is 0 Å². The van der Waals surface area contributed by atoms with Gasteiger partial charge in [-0.25, -0.2) is 0 Å². The third-order valence-corrected chi connectivity index (χ3v) is 4.46. The van der Waals surface area contributed by atoms with E-state index < -0.39 is 0 Å². The van der Waals surface area contributed by atoms with Gasteiger partial charge in [0.2, 0.25) is 17.7 Å². The molecule has 0 N–H and O–H groups in total. The number of hydrogen-bond donors (Lipinski definition) is 0. The average molecular weight is 379 g/mol. The summed E-state index contributed by atoms with van der Waals surface area (Å²) in [6.45, 7) is 5.02. The zero-order chi connectivity index (χ0) is 19.9. The number of nitrogens with zero attached hydrogens (tertiary/aromatic N) is 3. The number of ether oxygens (including phenoxy) is 1. The van der Waals surface area contributed by atoms with Gasteiger partial charge in [-0.05, 0) is 38.1 Å². The van der Waals surface area contributed by atoms with E-state index in [9.17, 15) is 4.79 Å². The topological polar surface area (TPSA) is 68.5 Å². The van der Waals surface area contributed by atoms with Gasteiger partial charge in [0.05, 0.1) is 6.54 Å². The molecule has 3 aromatic rings. The van der Waals surface area contributed by atoms with E-state index in [0.717, 1.165) is 11.3 Å². The Balaban J connectivity index is 1.43. The van der Waals surface area contributed by atoms with Crippen LogP contribution in [0.4, 0.5) is 0 Å². The molecule has 0 saturated heterocycles. The van der Waals surface area contributed by atoms with Crippen LogP contribution in [0.15, 0.2) is 52.9 Å². The lowest BCUT2D eigenvalue weighted by Crippen LogP contribution is -2.31. The molecule has 0 radical (unpaired) electrons. The van der Waals surface area contributed by atoms with Crippen LogP contribution in [0.2, 0.25) is 0 Å². The predicted octanol–water partition coefficient (Wildman–Crippen LogP) is 3.82. The van der Waals surface area contributed by atoms with E-state index in [4.69, 9.17) is 9.15 Å². The molecule has 28 heavy (non-hydrogen) atoms. The monoisotopic (exact) mass is 379 g/mol. The number of rotatable bonds is 8. The molecule has 0 atom stereocenters. The molecule has 146 valence electrons. The summed E-state index contributed by atoms with van der Waals surface area (Å²) in [4.78, 5) is 14.0. The molecule has 0 fully saturated rings. The Kier molecular flexibility index (Phi) is 6.42. The molecule has 1 amide bonds. The molecule has 0 aliphatic heterocycles. The molecule has 2 aromatic carbocycles. The van der Waals surface area contributed by atoms with E-state index in [-0.39, 0.29) is 5.91 Å². The zero-order valence-electron chi connectivity index (χ0n) is 16.5. The highest BCUT2D eigenvalue weighted by molar-refractivity contribution is 5.76. The Morgan fingerprint density at radius 2 is 1.64 bits per heavy atom. The predicted molar refractivity (Wildman–Crippen MR) is 107 cm³/mol. The van der Waals surface area contributed by atoms with Crippen LogP contribution in [-0.4, -0.2) is 41.2 Å². The second-order valence-electron chi connectivity index (χ2n) is 6.84. The highest BCUT2D eigenvalue weighted by Gasteiger charge is 2.13. The Morgan fingerprint density at radius 3 is 2.32 bits per heavy atom. The average Bonchev–Trinajstić information content (AvgIpc) is 3.17. The number of amides is 1. The molecule has 0 saturated carbocycles.